The van der Waals surface area contributed by atoms with Gasteiger partial charge in [0.25, 0.3) is 11.5 Å². The Morgan fingerprint density at radius 2 is 1.73 bits per heavy atom. The van der Waals surface area contributed by atoms with Crippen molar-refractivity contribution in [3.8, 4) is 0 Å². The summed E-state index contributed by atoms with van der Waals surface area (Å²) in [4.78, 5) is 29.9. The highest BCUT2D eigenvalue weighted by molar-refractivity contribution is 6.04. The molecule has 0 fully saturated rings. The summed E-state index contributed by atoms with van der Waals surface area (Å²) in [7, 11) is 1.36. The third-order valence-electron chi connectivity index (χ3n) is 3.33. The number of rotatable bonds is 3. The van der Waals surface area contributed by atoms with Crippen LogP contribution in [-0.4, -0.2) is 17.7 Å². The SMILES string of the molecule is COn1c(C(=O)Nc2ccccc2)cc2ccccc2c1=O. The molecular weight excluding hydrogens is 280 g/mol. The number of nitrogens with zero attached hydrogens (tertiary/aromatic N) is 1. The minimum absolute atomic E-state index is 0.148. The summed E-state index contributed by atoms with van der Waals surface area (Å²) in [6.45, 7) is 0. The van der Waals surface area contributed by atoms with Crippen LogP contribution in [0.3, 0.4) is 0 Å². The molecular formula is C17H14N2O3. The number of hydrogen-bond acceptors (Lipinski definition) is 3. The summed E-state index contributed by atoms with van der Waals surface area (Å²) >= 11 is 0. The molecule has 1 amide bonds. The van der Waals surface area contributed by atoms with E-state index in [1.54, 1.807) is 36.4 Å². The van der Waals surface area contributed by atoms with Gasteiger partial charge in [0.15, 0.2) is 0 Å². The summed E-state index contributed by atoms with van der Waals surface area (Å²) in [6.07, 6.45) is 0. The van der Waals surface area contributed by atoms with Gasteiger partial charge in [-0.2, -0.15) is 0 Å². The smallest absolute Gasteiger partial charge is 0.291 e. The molecule has 0 radical (unpaired) electrons. The van der Waals surface area contributed by atoms with Crippen molar-refractivity contribution in [1.82, 2.24) is 4.73 Å². The Bertz CT molecular complexity index is 885. The number of anilines is 1. The highest BCUT2D eigenvalue weighted by Gasteiger charge is 2.16. The van der Waals surface area contributed by atoms with Crippen molar-refractivity contribution in [2.24, 2.45) is 0 Å². The molecule has 3 rings (SSSR count). The lowest BCUT2D eigenvalue weighted by Gasteiger charge is -2.12. The number of fused-ring (bicyclic) bond motifs is 1. The molecule has 0 aliphatic heterocycles. The topological polar surface area (TPSA) is 60.3 Å². The molecule has 0 spiro atoms. The monoisotopic (exact) mass is 294 g/mol. The molecule has 0 atom stereocenters. The van der Waals surface area contributed by atoms with Crippen LogP contribution < -0.4 is 15.7 Å². The predicted octanol–water partition coefficient (Wildman–Crippen LogP) is 2.31. The van der Waals surface area contributed by atoms with Crippen LogP contribution in [0.15, 0.2) is 65.5 Å². The van der Waals surface area contributed by atoms with E-state index in [0.717, 1.165) is 4.73 Å². The standard InChI is InChI=1S/C17H14N2O3/c1-22-19-15(16(20)18-13-8-3-2-4-9-13)11-12-7-5-6-10-14(12)17(19)21/h2-11H,1H3,(H,18,20). The van der Waals surface area contributed by atoms with Gasteiger partial charge in [-0.15, -0.1) is 4.73 Å². The van der Waals surface area contributed by atoms with Crippen LogP contribution >= 0.6 is 0 Å². The zero-order valence-electron chi connectivity index (χ0n) is 11.9. The van der Waals surface area contributed by atoms with Crippen molar-refractivity contribution in [2.75, 3.05) is 12.4 Å². The number of nitrogens with one attached hydrogen (secondary N) is 1. The Hall–Kier alpha value is -3.08. The van der Waals surface area contributed by atoms with Crippen molar-refractivity contribution in [3.05, 3.63) is 76.7 Å². The van der Waals surface area contributed by atoms with Crippen LogP contribution in [0.1, 0.15) is 10.5 Å². The number of carbonyl (C=O) groups is 1. The maximum absolute atomic E-state index is 12.4. The van der Waals surface area contributed by atoms with Crippen LogP contribution in [0, 0.1) is 0 Å². The Balaban J connectivity index is 2.09. The van der Waals surface area contributed by atoms with Crippen molar-refractivity contribution in [1.29, 1.82) is 0 Å². The molecule has 2 aromatic carbocycles. The van der Waals surface area contributed by atoms with Crippen LogP contribution in [0.5, 0.6) is 0 Å². The van der Waals surface area contributed by atoms with Gasteiger partial charge in [0.2, 0.25) is 0 Å². The lowest BCUT2D eigenvalue weighted by molar-refractivity contribution is 0.0952. The first-order valence-corrected chi connectivity index (χ1v) is 6.76. The van der Waals surface area contributed by atoms with E-state index in [2.05, 4.69) is 5.32 Å². The van der Waals surface area contributed by atoms with E-state index in [4.69, 9.17) is 4.84 Å². The number of pyridine rings is 1. The van der Waals surface area contributed by atoms with E-state index >= 15 is 0 Å². The zero-order valence-corrected chi connectivity index (χ0v) is 11.9. The molecule has 0 bridgehead atoms. The molecule has 0 aliphatic carbocycles. The van der Waals surface area contributed by atoms with Gasteiger partial charge in [-0.3, -0.25) is 9.59 Å². The third kappa shape index (κ3) is 2.44. The Morgan fingerprint density at radius 1 is 1.05 bits per heavy atom. The molecule has 22 heavy (non-hydrogen) atoms. The second-order valence-corrected chi connectivity index (χ2v) is 4.72. The van der Waals surface area contributed by atoms with E-state index in [9.17, 15) is 9.59 Å². The lowest BCUT2D eigenvalue weighted by atomic mass is 10.1. The molecule has 1 heterocycles. The second-order valence-electron chi connectivity index (χ2n) is 4.72. The maximum atomic E-state index is 12.4. The summed E-state index contributed by atoms with van der Waals surface area (Å²) in [5.74, 6) is -0.407. The van der Waals surface area contributed by atoms with Crippen molar-refractivity contribution < 1.29 is 9.63 Å². The molecule has 1 N–H and O–H groups in total. The van der Waals surface area contributed by atoms with Gasteiger partial charge in [-0.25, -0.2) is 0 Å². The van der Waals surface area contributed by atoms with E-state index in [1.807, 2.05) is 24.3 Å². The maximum Gasteiger partial charge on any atom is 0.291 e. The first-order chi connectivity index (χ1) is 10.7. The number of amides is 1. The average Bonchev–Trinajstić information content (AvgIpc) is 2.55. The van der Waals surface area contributed by atoms with Crippen LogP contribution in [0.4, 0.5) is 5.69 Å². The quantitative estimate of drug-likeness (QED) is 0.806. The molecule has 5 heteroatoms. The Kier molecular flexibility index (Phi) is 3.62. The van der Waals surface area contributed by atoms with E-state index in [0.29, 0.717) is 16.5 Å². The minimum atomic E-state index is -0.407. The predicted molar refractivity (Wildman–Crippen MR) is 85.1 cm³/mol. The van der Waals surface area contributed by atoms with Gasteiger partial charge in [0, 0.05) is 5.69 Å². The van der Waals surface area contributed by atoms with Gasteiger partial charge >= 0.3 is 0 Å². The Labute approximate surface area is 126 Å². The van der Waals surface area contributed by atoms with Gasteiger partial charge < -0.3 is 10.2 Å². The molecule has 0 unspecified atom stereocenters. The highest BCUT2D eigenvalue weighted by Crippen LogP contribution is 2.13. The zero-order chi connectivity index (χ0) is 15.5. The first-order valence-electron chi connectivity index (χ1n) is 6.76. The molecule has 0 aliphatic rings. The lowest BCUT2D eigenvalue weighted by Crippen LogP contribution is -2.32. The Morgan fingerprint density at radius 3 is 2.45 bits per heavy atom. The second kappa shape index (κ2) is 5.73. The molecule has 110 valence electrons. The van der Waals surface area contributed by atoms with Gasteiger partial charge in [0.05, 0.1) is 5.39 Å². The molecule has 5 nitrogen and oxygen atoms in total. The van der Waals surface area contributed by atoms with Gasteiger partial charge in [-0.1, -0.05) is 36.4 Å². The third-order valence-corrected chi connectivity index (χ3v) is 3.33. The fourth-order valence-electron chi connectivity index (χ4n) is 2.30. The minimum Gasteiger partial charge on any atom is -0.413 e. The molecule has 1 aromatic heterocycles. The fraction of sp³-hybridized carbons (Fsp3) is 0.0588. The van der Waals surface area contributed by atoms with Gasteiger partial charge in [0.1, 0.15) is 12.8 Å². The van der Waals surface area contributed by atoms with Crippen molar-refractivity contribution >= 4 is 22.4 Å². The fourth-order valence-corrected chi connectivity index (χ4v) is 2.30. The number of para-hydroxylation sites is 1. The number of carbonyl (C=O) groups excluding carboxylic acids is 1. The first kappa shape index (κ1) is 13.9. The van der Waals surface area contributed by atoms with Crippen LogP contribution in [0.2, 0.25) is 0 Å². The molecule has 0 saturated heterocycles. The van der Waals surface area contributed by atoms with Crippen molar-refractivity contribution in [2.45, 2.75) is 0 Å². The normalized spacial score (nSPS) is 10.4. The highest BCUT2D eigenvalue weighted by atomic mass is 16.6. The summed E-state index contributed by atoms with van der Waals surface area (Å²) in [6, 6.07) is 17.8. The summed E-state index contributed by atoms with van der Waals surface area (Å²) < 4.78 is 1.00. The van der Waals surface area contributed by atoms with E-state index in [-0.39, 0.29) is 11.3 Å². The van der Waals surface area contributed by atoms with Crippen LogP contribution in [0.25, 0.3) is 10.8 Å². The summed E-state index contributed by atoms with van der Waals surface area (Å²) in [5, 5.41) is 3.94. The largest absolute Gasteiger partial charge is 0.413 e. The van der Waals surface area contributed by atoms with Crippen LogP contribution in [-0.2, 0) is 0 Å². The van der Waals surface area contributed by atoms with E-state index < -0.39 is 5.91 Å². The molecule has 0 saturated carbocycles. The summed E-state index contributed by atoms with van der Waals surface area (Å²) in [5.41, 5.74) is 0.435. The van der Waals surface area contributed by atoms with Gasteiger partial charge in [-0.05, 0) is 29.7 Å². The number of benzene rings is 2. The number of aromatic nitrogens is 1. The average molecular weight is 294 g/mol. The number of hydrogen-bond donors (Lipinski definition) is 1. The molecule has 3 aromatic rings. The van der Waals surface area contributed by atoms with E-state index in [1.165, 1.54) is 7.11 Å². The van der Waals surface area contributed by atoms with Crippen molar-refractivity contribution in [3.63, 3.8) is 0 Å².